The first-order valence-electron chi connectivity index (χ1n) is 8.74. The Morgan fingerprint density at radius 3 is 2.50 bits per heavy atom. The fourth-order valence-corrected chi connectivity index (χ4v) is 3.54. The molecular weight excluding hydrogens is 377 g/mol. The second kappa shape index (κ2) is 10.3. The van der Waals surface area contributed by atoms with E-state index in [4.69, 9.17) is 9.47 Å². The average Bonchev–Trinajstić information content (AvgIpc) is 3.03. The van der Waals surface area contributed by atoms with E-state index in [2.05, 4.69) is 20.9 Å². The maximum Gasteiger partial charge on any atom is 0.262 e. The molecule has 2 fully saturated rings. The molecule has 2 aliphatic rings. The van der Waals surface area contributed by atoms with Crippen LogP contribution in [0, 0.1) is 0 Å². The smallest absolute Gasteiger partial charge is 0.262 e. The molecule has 2 atom stereocenters. The largest absolute Gasteiger partial charge is 0.381 e. The number of aromatic amines is 1. The summed E-state index contributed by atoms with van der Waals surface area (Å²) < 4.78 is 24.1. The van der Waals surface area contributed by atoms with Crippen molar-refractivity contribution in [1.29, 1.82) is 0 Å². The third kappa shape index (κ3) is 6.65. The van der Waals surface area contributed by atoms with Crippen molar-refractivity contribution in [3.63, 3.8) is 0 Å². The topological polar surface area (TPSA) is 51.3 Å². The van der Waals surface area contributed by atoms with Gasteiger partial charge in [-0.05, 0) is 53.2 Å². The molecule has 2 unspecified atom stereocenters. The van der Waals surface area contributed by atoms with Crippen LogP contribution in [-0.4, -0.2) is 30.5 Å². The van der Waals surface area contributed by atoms with Gasteiger partial charge in [-0.3, -0.25) is 4.79 Å². The quantitative estimate of drug-likeness (QED) is 0.804. The zero-order valence-electron chi connectivity index (χ0n) is 14.2. The predicted octanol–water partition coefficient (Wildman–Crippen LogP) is 4.51. The standard InChI is InChI=1S/C11H13BrFNO2.C7H14O/c12-10-3-7(5-14-11(10)15)6-16-9-2-1-8(13)4-9;1-8-7-5-3-2-4-6-7/h3,5,8-9H,1-2,4,6H2,(H,14,15);7H,2-6H2,1H3. The van der Waals surface area contributed by atoms with Gasteiger partial charge in [-0.2, -0.15) is 0 Å². The van der Waals surface area contributed by atoms with Crippen LogP contribution in [0.3, 0.4) is 0 Å². The number of pyridine rings is 1. The van der Waals surface area contributed by atoms with Crippen LogP contribution in [0.5, 0.6) is 0 Å². The Morgan fingerprint density at radius 1 is 1.21 bits per heavy atom. The lowest BCUT2D eigenvalue weighted by Crippen LogP contribution is -2.13. The summed E-state index contributed by atoms with van der Waals surface area (Å²) in [5, 5.41) is 0. The van der Waals surface area contributed by atoms with Crippen LogP contribution in [0.4, 0.5) is 4.39 Å². The highest BCUT2D eigenvalue weighted by Gasteiger charge is 2.24. The molecule has 0 saturated heterocycles. The number of nitrogens with one attached hydrogen (secondary N) is 1. The minimum Gasteiger partial charge on any atom is -0.381 e. The summed E-state index contributed by atoms with van der Waals surface area (Å²) in [6.45, 7) is 0.409. The van der Waals surface area contributed by atoms with Gasteiger partial charge in [0.25, 0.3) is 5.56 Å². The van der Waals surface area contributed by atoms with Gasteiger partial charge in [-0.15, -0.1) is 0 Å². The van der Waals surface area contributed by atoms with Gasteiger partial charge in [0.1, 0.15) is 6.17 Å². The van der Waals surface area contributed by atoms with Crippen molar-refractivity contribution < 1.29 is 13.9 Å². The zero-order valence-corrected chi connectivity index (χ0v) is 15.8. The lowest BCUT2D eigenvalue weighted by molar-refractivity contribution is 0.0413. The molecule has 24 heavy (non-hydrogen) atoms. The van der Waals surface area contributed by atoms with E-state index >= 15 is 0 Å². The molecule has 1 heterocycles. The summed E-state index contributed by atoms with van der Waals surface area (Å²) in [6.07, 6.45) is 10.1. The van der Waals surface area contributed by atoms with E-state index in [1.165, 1.54) is 32.1 Å². The van der Waals surface area contributed by atoms with Crippen molar-refractivity contribution in [3.8, 4) is 0 Å². The molecule has 0 amide bonds. The first-order chi connectivity index (χ1) is 11.6. The molecule has 136 valence electrons. The summed E-state index contributed by atoms with van der Waals surface area (Å²) in [5.41, 5.74) is 0.724. The highest BCUT2D eigenvalue weighted by atomic mass is 79.9. The molecular formula is C18H27BrFNO3. The Balaban J connectivity index is 0.000000219. The van der Waals surface area contributed by atoms with Crippen LogP contribution in [-0.2, 0) is 16.1 Å². The number of aromatic nitrogens is 1. The highest BCUT2D eigenvalue weighted by Crippen LogP contribution is 2.25. The van der Waals surface area contributed by atoms with E-state index in [0.717, 1.165) is 12.0 Å². The van der Waals surface area contributed by atoms with Gasteiger partial charge in [0.15, 0.2) is 0 Å². The fraction of sp³-hybridized carbons (Fsp3) is 0.722. The first-order valence-corrected chi connectivity index (χ1v) is 9.53. The molecule has 0 radical (unpaired) electrons. The van der Waals surface area contributed by atoms with Gasteiger partial charge in [0, 0.05) is 19.7 Å². The van der Waals surface area contributed by atoms with E-state index in [0.29, 0.717) is 30.0 Å². The second-order valence-electron chi connectivity index (χ2n) is 6.52. The van der Waals surface area contributed by atoms with Crippen molar-refractivity contribution in [2.24, 2.45) is 0 Å². The number of halogens is 2. The van der Waals surface area contributed by atoms with Gasteiger partial charge in [0.2, 0.25) is 0 Å². The maximum absolute atomic E-state index is 12.9. The van der Waals surface area contributed by atoms with E-state index in [-0.39, 0.29) is 11.7 Å². The van der Waals surface area contributed by atoms with Crippen molar-refractivity contribution >= 4 is 15.9 Å². The van der Waals surface area contributed by atoms with E-state index in [1.54, 1.807) is 12.3 Å². The fourth-order valence-electron chi connectivity index (χ4n) is 3.13. The predicted molar refractivity (Wildman–Crippen MR) is 96.0 cm³/mol. The summed E-state index contributed by atoms with van der Waals surface area (Å²) in [5.74, 6) is 0. The van der Waals surface area contributed by atoms with Crippen LogP contribution in [0.15, 0.2) is 21.5 Å². The number of hydrogen-bond donors (Lipinski definition) is 1. The second-order valence-corrected chi connectivity index (χ2v) is 7.38. The third-order valence-electron chi connectivity index (χ3n) is 4.61. The van der Waals surface area contributed by atoms with Gasteiger partial charge >= 0.3 is 0 Å². The number of ether oxygens (including phenoxy) is 2. The number of methoxy groups -OCH3 is 1. The summed E-state index contributed by atoms with van der Waals surface area (Å²) >= 11 is 3.15. The van der Waals surface area contributed by atoms with Gasteiger partial charge in [-0.25, -0.2) is 4.39 Å². The Kier molecular flexibility index (Phi) is 8.42. The Labute approximate surface area is 151 Å². The molecule has 2 aliphatic carbocycles. The van der Waals surface area contributed by atoms with Crippen LogP contribution < -0.4 is 5.56 Å². The van der Waals surface area contributed by atoms with E-state index in [1.807, 2.05) is 7.11 Å². The van der Waals surface area contributed by atoms with Gasteiger partial charge < -0.3 is 14.5 Å². The molecule has 1 N–H and O–H groups in total. The summed E-state index contributed by atoms with van der Waals surface area (Å²) in [7, 11) is 1.82. The van der Waals surface area contributed by atoms with Gasteiger partial charge in [0.05, 0.1) is 23.3 Å². The molecule has 0 bridgehead atoms. The molecule has 1 aromatic rings. The van der Waals surface area contributed by atoms with E-state index < -0.39 is 6.17 Å². The monoisotopic (exact) mass is 403 g/mol. The summed E-state index contributed by atoms with van der Waals surface area (Å²) in [6, 6.07) is 1.72. The lowest BCUT2D eigenvalue weighted by atomic mass is 9.98. The molecule has 1 aromatic heterocycles. The zero-order chi connectivity index (χ0) is 17.4. The Hall–Kier alpha value is -0.720. The van der Waals surface area contributed by atoms with Crippen molar-refractivity contribution in [3.05, 3.63) is 32.7 Å². The molecule has 3 rings (SSSR count). The van der Waals surface area contributed by atoms with Crippen LogP contribution in [0.1, 0.15) is 56.9 Å². The van der Waals surface area contributed by atoms with Crippen molar-refractivity contribution in [2.45, 2.75) is 76.4 Å². The Bertz CT molecular complexity index is 545. The average molecular weight is 404 g/mol. The molecule has 2 saturated carbocycles. The minimum atomic E-state index is -0.715. The third-order valence-corrected chi connectivity index (χ3v) is 5.20. The number of rotatable bonds is 4. The SMILES string of the molecule is COC1CCCCC1.O=c1[nH]cc(COC2CCC(F)C2)cc1Br. The number of hydrogen-bond acceptors (Lipinski definition) is 3. The van der Waals surface area contributed by atoms with Gasteiger partial charge in [-0.1, -0.05) is 19.3 Å². The van der Waals surface area contributed by atoms with Crippen molar-refractivity contribution in [1.82, 2.24) is 4.98 Å². The molecule has 6 heteroatoms. The number of H-pyrrole nitrogens is 1. The van der Waals surface area contributed by atoms with E-state index in [9.17, 15) is 9.18 Å². The van der Waals surface area contributed by atoms with Crippen molar-refractivity contribution in [2.75, 3.05) is 7.11 Å². The number of alkyl halides is 1. The highest BCUT2D eigenvalue weighted by molar-refractivity contribution is 9.10. The van der Waals surface area contributed by atoms with Crippen LogP contribution >= 0.6 is 15.9 Å². The first kappa shape index (κ1) is 19.6. The molecule has 0 aromatic carbocycles. The molecule has 0 spiro atoms. The minimum absolute atomic E-state index is 0.0145. The lowest BCUT2D eigenvalue weighted by Gasteiger charge is -2.19. The summed E-state index contributed by atoms with van der Waals surface area (Å²) in [4.78, 5) is 13.7. The maximum atomic E-state index is 12.9. The Morgan fingerprint density at radius 2 is 1.96 bits per heavy atom. The van der Waals surface area contributed by atoms with Crippen LogP contribution in [0.2, 0.25) is 0 Å². The normalized spacial score (nSPS) is 24.5. The molecule has 4 nitrogen and oxygen atoms in total. The van der Waals surface area contributed by atoms with Crippen LogP contribution in [0.25, 0.3) is 0 Å². The molecule has 0 aliphatic heterocycles.